The Labute approximate surface area is 78.7 Å². The topological polar surface area (TPSA) is 35.5 Å². The number of carbonyl (C=O) groups is 1. The molecule has 3 heteroatoms. The number of carbonyl (C=O) groups excluding carboxylic acids is 1. The third-order valence-electron chi connectivity index (χ3n) is 2.04. The molecule has 0 fully saturated rings. The number of allylic oxidation sites excluding steroid dienone is 1. The molecule has 0 bridgehead atoms. The normalized spacial score (nSPS) is 24.1. The first-order valence-electron chi connectivity index (χ1n) is 4.37. The molecule has 0 aliphatic carbocycles. The zero-order valence-electron chi connectivity index (χ0n) is 8.80. The first-order chi connectivity index (χ1) is 5.82. The predicted octanol–water partition coefficient (Wildman–Crippen LogP) is 2.23. The van der Waals surface area contributed by atoms with Gasteiger partial charge in [0.05, 0.1) is 5.57 Å². The maximum absolute atomic E-state index is 11.3. The fourth-order valence-corrected chi connectivity index (χ4v) is 0.956. The maximum atomic E-state index is 11.3. The minimum absolute atomic E-state index is 0.183. The molecule has 0 spiro atoms. The fraction of sp³-hybridized carbons (Fsp3) is 0.700. The van der Waals surface area contributed by atoms with Gasteiger partial charge in [-0.3, -0.25) is 0 Å². The van der Waals surface area contributed by atoms with Gasteiger partial charge in [-0.05, 0) is 13.8 Å². The van der Waals surface area contributed by atoms with Crippen LogP contribution in [-0.4, -0.2) is 12.3 Å². The van der Waals surface area contributed by atoms with Gasteiger partial charge in [0.1, 0.15) is 5.76 Å². The van der Waals surface area contributed by atoms with Crippen molar-refractivity contribution in [2.45, 2.75) is 40.9 Å². The minimum Gasteiger partial charge on any atom is -0.458 e. The highest BCUT2D eigenvalue weighted by molar-refractivity contribution is 5.88. The van der Waals surface area contributed by atoms with Gasteiger partial charge in [-0.25, -0.2) is 4.79 Å². The molecular weight excluding hydrogens is 168 g/mol. The minimum atomic E-state index is -0.469. The molecule has 1 atom stereocenters. The third-order valence-corrected chi connectivity index (χ3v) is 2.04. The summed E-state index contributed by atoms with van der Waals surface area (Å²) in [6, 6.07) is 0. The van der Waals surface area contributed by atoms with Crippen LogP contribution in [0.4, 0.5) is 0 Å². The predicted molar refractivity (Wildman–Crippen MR) is 48.8 cm³/mol. The number of ether oxygens (including phenoxy) is 2. The van der Waals surface area contributed by atoms with Crippen LogP contribution in [0.5, 0.6) is 0 Å². The molecule has 1 unspecified atom stereocenters. The lowest BCUT2D eigenvalue weighted by atomic mass is 9.95. The lowest BCUT2D eigenvalue weighted by Gasteiger charge is -2.33. The third kappa shape index (κ3) is 2.02. The van der Waals surface area contributed by atoms with Crippen LogP contribution in [0.3, 0.4) is 0 Å². The maximum Gasteiger partial charge on any atom is 0.340 e. The number of hydrogen-bond donors (Lipinski definition) is 0. The lowest BCUT2D eigenvalue weighted by Crippen LogP contribution is -2.37. The molecule has 0 aromatic heterocycles. The zero-order chi connectivity index (χ0) is 10.2. The molecule has 1 rings (SSSR count). The quantitative estimate of drug-likeness (QED) is 0.541. The summed E-state index contributed by atoms with van der Waals surface area (Å²) in [5.74, 6) is 0.389. The fourth-order valence-electron chi connectivity index (χ4n) is 0.956. The van der Waals surface area contributed by atoms with Gasteiger partial charge in [0, 0.05) is 5.41 Å². The average Bonchev–Trinajstić information content (AvgIpc) is 1.97. The highest BCUT2D eigenvalue weighted by Crippen LogP contribution is 2.30. The molecule has 0 aromatic rings. The Hall–Kier alpha value is -0.990. The van der Waals surface area contributed by atoms with Crippen LogP contribution in [-0.2, 0) is 14.3 Å². The van der Waals surface area contributed by atoms with E-state index in [1.165, 1.54) is 0 Å². The molecule has 0 saturated carbocycles. The number of esters is 1. The Balaban J connectivity index is 2.86. The second kappa shape index (κ2) is 3.05. The van der Waals surface area contributed by atoms with Crippen molar-refractivity contribution in [2.24, 2.45) is 5.41 Å². The smallest absolute Gasteiger partial charge is 0.340 e. The summed E-state index contributed by atoms with van der Waals surface area (Å²) in [6.07, 6.45) is -0.469. The van der Waals surface area contributed by atoms with Crippen molar-refractivity contribution in [3.8, 4) is 0 Å². The van der Waals surface area contributed by atoms with Crippen LogP contribution in [0.15, 0.2) is 11.3 Å². The highest BCUT2D eigenvalue weighted by Gasteiger charge is 2.34. The van der Waals surface area contributed by atoms with Crippen LogP contribution in [0.1, 0.15) is 34.6 Å². The molecule has 0 amide bonds. The van der Waals surface area contributed by atoms with Gasteiger partial charge >= 0.3 is 5.97 Å². The molecular formula is C10H16O3. The van der Waals surface area contributed by atoms with E-state index in [1.54, 1.807) is 13.8 Å². The molecule has 1 heterocycles. The molecule has 13 heavy (non-hydrogen) atoms. The lowest BCUT2D eigenvalue weighted by molar-refractivity contribution is -0.196. The van der Waals surface area contributed by atoms with Crippen molar-refractivity contribution < 1.29 is 14.3 Å². The summed E-state index contributed by atoms with van der Waals surface area (Å²) < 4.78 is 10.6. The summed E-state index contributed by atoms with van der Waals surface area (Å²) in [7, 11) is 0. The molecule has 0 radical (unpaired) electrons. The SMILES string of the molecule is CC1=C(C)C(=O)OC(C(C)(C)C)O1. The van der Waals surface area contributed by atoms with E-state index in [9.17, 15) is 4.79 Å². The van der Waals surface area contributed by atoms with Crippen molar-refractivity contribution in [3.63, 3.8) is 0 Å². The second-order valence-electron chi connectivity index (χ2n) is 4.40. The molecule has 0 saturated heterocycles. The van der Waals surface area contributed by atoms with Crippen molar-refractivity contribution in [1.82, 2.24) is 0 Å². The van der Waals surface area contributed by atoms with Crippen LogP contribution >= 0.6 is 0 Å². The van der Waals surface area contributed by atoms with Crippen LogP contribution in [0, 0.1) is 5.41 Å². The molecule has 0 aromatic carbocycles. The van der Waals surface area contributed by atoms with Gasteiger partial charge in [-0.15, -0.1) is 0 Å². The van der Waals surface area contributed by atoms with Crippen molar-refractivity contribution in [1.29, 1.82) is 0 Å². The van der Waals surface area contributed by atoms with Gasteiger partial charge in [-0.2, -0.15) is 0 Å². The second-order valence-corrected chi connectivity index (χ2v) is 4.40. The van der Waals surface area contributed by atoms with Gasteiger partial charge in [-0.1, -0.05) is 20.8 Å². The van der Waals surface area contributed by atoms with Crippen molar-refractivity contribution in [3.05, 3.63) is 11.3 Å². The van der Waals surface area contributed by atoms with E-state index in [-0.39, 0.29) is 11.4 Å². The van der Waals surface area contributed by atoms with E-state index in [1.807, 2.05) is 20.8 Å². The molecule has 1 aliphatic heterocycles. The Kier molecular flexibility index (Phi) is 2.37. The number of cyclic esters (lactones) is 1. The van der Waals surface area contributed by atoms with E-state index >= 15 is 0 Å². The first kappa shape index (κ1) is 10.1. The van der Waals surface area contributed by atoms with E-state index in [0.29, 0.717) is 11.3 Å². The standard InChI is InChI=1S/C10H16O3/c1-6-7(2)12-9(10(3,4)5)13-8(6)11/h9H,1-5H3. The van der Waals surface area contributed by atoms with Crippen molar-refractivity contribution in [2.75, 3.05) is 0 Å². The summed E-state index contributed by atoms with van der Waals surface area (Å²) in [4.78, 5) is 11.3. The van der Waals surface area contributed by atoms with E-state index in [2.05, 4.69) is 0 Å². The first-order valence-corrected chi connectivity index (χ1v) is 4.37. The molecule has 0 N–H and O–H groups in total. The number of hydrogen-bond acceptors (Lipinski definition) is 3. The Morgan fingerprint density at radius 1 is 1.15 bits per heavy atom. The Bertz CT molecular complexity index is 258. The zero-order valence-corrected chi connectivity index (χ0v) is 8.80. The monoisotopic (exact) mass is 184 g/mol. The summed E-state index contributed by atoms with van der Waals surface area (Å²) >= 11 is 0. The van der Waals surface area contributed by atoms with Gasteiger partial charge in [0.25, 0.3) is 0 Å². The molecule has 74 valence electrons. The van der Waals surface area contributed by atoms with Crippen molar-refractivity contribution >= 4 is 5.97 Å². The van der Waals surface area contributed by atoms with Crippen LogP contribution in [0.2, 0.25) is 0 Å². The van der Waals surface area contributed by atoms with Crippen LogP contribution < -0.4 is 0 Å². The van der Waals surface area contributed by atoms with E-state index < -0.39 is 6.29 Å². The van der Waals surface area contributed by atoms with Crippen LogP contribution in [0.25, 0.3) is 0 Å². The average molecular weight is 184 g/mol. The largest absolute Gasteiger partial charge is 0.458 e. The molecule has 3 nitrogen and oxygen atoms in total. The van der Waals surface area contributed by atoms with Gasteiger partial charge < -0.3 is 9.47 Å². The van der Waals surface area contributed by atoms with E-state index in [4.69, 9.17) is 9.47 Å². The summed E-state index contributed by atoms with van der Waals surface area (Å²) in [6.45, 7) is 9.40. The van der Waals surface area contributed by atoms with E-state index in [0.717, 1.165) is 0 Å². The Morgan fingerprint density at radius 3 is 2.08 bits per heavy atom. The highest BCUT2D eigenvalue weighted by atomic mass is 16.7. The van der Waals surface area contributed by atoms with Gasteiger partial charge in [0.2, 0.25) is 6.29 Å². The Morgan fingerprint density at radius 2 is 1.69 bits per heavy atom. The summed E-state index contributed by atoms with van der Waals surface area (Å²) in [5, 5.41) is 0. The summed E-state index contributed by atoms with van der Waals surface area (Å²) in [5.41, 5.74) is 0.373. The molecule has 1 aliphatic rings. The number of rotatable bonds is 0. The van der Waals surface area contributed by atoms with Gasteiger partial charge in [0.15, 0.2) is 0 Å².